The zero-order valence-corrected chi connectivity index (χ0v) is 15.1. The van der Waals surface area contributed by atoms with Gasteiger partial charge in [-0.05, 0) is 30.2 Å². The van der Waals surface area contributed by atoms with Crippen LogP contribution < -0.4 is 15.4 Å². The van der Waals surface area contributed by atoms with E-state index in [4.69, 9.17) is 4.42 Å². The molecule has 3 aromatic rings. The van der Waals surface area contributed by atoms with Gasteiger partial charge in [-0.1, -0.05) is 18.2 Å². The van der Waals surface area contributed by atoms with Crippen molar-refractivity contribution in [3.8, 4) is 0 Å². The Morgan fingerprint density at radius 3 is 2.85 bits per heavy atom. The lowest BCUT2D eigenvalue weighted by atomic mass is 10.2. The zero-order chi connectivity index (χ0) is 18.3. The van der Waals surface area contributed by atoms with Crippen molar-refractivity contribution in [2.45, 2.75) is 11.3 Å². The number of benzene rings is 2. The van der Waals surface area contributed by atoms with E-state index in [-0.39, 0.29) is 10.5 Å². The third kappa shape index (κ3) is 2.91. The molecular weight excluding hydrogens is 354 g/mol. The van der Waals surface area contributed by atoms with Crippen LogP contribution >= 0.6 is 0 Å². The summed E-state index contributed by atoms with van der Waals surface area (Å²) >= 11 is 0. The average molecular weight is 373 g/mol. The molecule has 0 saturated heterocycles. The molecule has 0 spiro atoms. The van der Waals surface area contributed by atoms with Crippen LogP contribution in [0.4, 0.5) is 5.69 Å². The summed E-state index contributed by atoms with van der Waals surface area (Å²) in [5.41, 5.74) is 3.27. The van der Waals surface area contributed by atoms with Crippen molar-refractivity contribution in [1.82, 2.24) is 9.29 Å². The van der Waals surface area contributed by atoms with Gasteiger partial charge in [0.15, 0.2) is 5.58 Å². The molecule has 2 heterocycles. The fourth-order valence-corrected chi connectivity index (χ4v) is 4.35. The van der Waals surface area contributed by atoms with Crippen LogP contribution in [0.15, 0.2) is 56.6 Å². The van der Waals surface area contributed by atoms with Gasteiger partial charge < -0.3 is 9.32 Å². The molecule has 7 nitrogen and oxygen atoms in total. The molecule has 0 fully saturated rings. The number of nitrogens with zero attached hydrogens (tertiary/aromatic N) is 2. The number of rotatable bonds is 5. The third-order valence-electron chi connectivity index (χ3n) is 4.73. The molecular formula is C18H19N3O4S. The van der Waals surface area contributed by atoms with Crippen LogP contribution in [0.5, 0.6) is 0 Å². The number of fused-ring (bicyclic) bond motifs is 2. The summed E-state index contributed by atoms with van der Waals surface area (Å²) < 4.78 is 34.1. The molecule has 1 aliphatic heterocycles. The highest BCUT2D eigenvalue weighted by Gasteiger charge is 2.20. The summed E-state index contributed by atoms with van der Waals surface area (Å²) in [6.07, 6.45) is 0.979. The topological polar surface area (TPSA) is 84.5 Å². The van der Waals surface area contributed by atoms with Crippen molar-refractivity contribution in [2.24, 2.45) is 7.05 Å². The third-order valence-corrected chi connectivity index (χ3v) is 6.19. The summed E-state index contributed by atoms with van der Waals surface area (Å²) in [5.74, 6) is -0.518. The predicted octanol–water partition coefficient (Wildman–Crippen LogP) is 1.47. The molecule has 0 radical (unpaired) electrons. The van der Waals surface area contributed by atoms with Gasteiger partial charge in [-0.15, -0.1) is 0 Å². The number of para-hydroxylation sites is 1. The van der Waals surface area contributed by atoms with Crippen molar-refractivity contribution in [2.75, 3.05) is 24.5 Å². The number of aromatic nitrogens is 1. The van der Waals surface area contributed by atoms with Gasteiger partial charge in [0.05, 0.1) is 10.4 Å². The molecule has 0 amide bonds. The van der Waals surface area contributed by atoms with Crippen LogP contribution in [0.25, 0.3) is 11.1 Å². The first-order valence-corrected chi connectivity index (χ1v) is 9.86. The number of hydrogen-bond donors (Lipinski definition) is 1. The molecule has 4 rings (SSSR count). The highest BCUT2D eigenvalue weighted by Crippen LogP contribution is 2.26. The van der Waals surface area contributed by atoms with E-state index in [2.05, 4.69) is 21.8 Å². The Hall–Kier alpha value is -2.58. The maximum absolute atomic E-state index is 12.5. The van der Waals surface area contributed by atoms with E-state index >= 15 is 0 Å². The summed E-state index contributed by atoms with van der Waals surface area (Å²) in [5, 5.41) is 0. The summed E-state index contributed by atoms with van der Waals surface area (Å²) in [7, 11) is -2.09. The minimum absolute atomic E-state index is 0.0844. The Bertz CT molecular complexity index is 1130. The smallest absolute Gasteiger partial charge is 0.408 e. The van der Waals surface area contributed by atoms with Gasteiger partial charge in [0, 0.05) is 38.4 Å². The molecule has 0 atom stereocenters. The molecule has 2 aromatic carbocycles. The van der Waals surface area contributed by atoms with Crippen molar-refractivity contribution < 1.29 is 12.8 Å². The zero-order valence-electron chi connectivity index (χ0n) is 14.3. The van der Waals surface area contributed by atoms with Gasteiger partial charge in [0.1, 0.15) is 0 Å². The number of hydrogen-bond acceptors (Lipinski definition) is 5. The van der Waals surface area contributed by atoms with E-state index < -0.39 is 15.8 Å². The second-order valence-corrected chi connectivity index (χ2v) is 8.09. The van der Waals surface area contributed by atoms with Gasteiger partial charge in [-0.2, -0.15) is 0 Å². The maximum Gasteiger partial charge on any atom is 0.419 e. The number of anilines is 1. The SMILES string of the molecule is Cn1c(=O)oc2cc(S(=O)(=O)NCCN3CCc4ccccc43)ccc21. The normalized spacial score (nSPS) is 14.1. The first kappa shape index (κ1) is 16.9. The first-order chi connectivity index (χ1) is 12.5. The lowest BCUT2D eigenvalue weighted by Crippen LogP contribution is -2.34. The molecule has 26 heavy (non-hydrogen) atoms. The van der Waals surface area contributed by atoms with Crippen LogP contribution in [0.1, 0.15) is 5.56 Å². The van der Waals surface area contributed by atoms with E-state index in [9.17, 15) is 13.2 Å². The summed E-state index contributed by atoms with van der Waals surface area (Å²) in [6.45, 7) is 1.79. The number of aryl methyl sites for hydroxylation is 1. The molecule has 1 aliphatic rings. The Kier molecular flexibility index (Phi) is 4.08. The van der Waals surface area contributed by atoms with E-state index in [1.54, 1.807) is 13.1 Å². The van der Waals surface area contributed by atoms with Crippen LogP contribution in [-0.2, 0) is 23.5 Å². The minimum atomic E-state index is -3.67. The Morgan fingerprint density at radius 2 is 2.00 bits per heavy atom. The molecule has 0 unspecified atom stereocenters. The monoisotopic (exact) mass is 373 g/mol. The molecule has 1 aromatic heterocycles. The number of oxazole rings is 1. The van der Waals surface area contributed by atoms with E-state index in [1.807, 2.05) is 12.1 Å². The molecule has 0 aliphatic carbocycles. The van der Waals surface area contributed by atoms with Crippen LogP contribution in [0, 0.1) is 0 Å². The minimum Gasteiger partial charge on any atom is -0.408 e. The van der Waals surface area contributed by atoms with E-state index in [0.29, 0.717) is 18.6 Å². The standard InChI is InChI=1S/C18H19N3O4S/c1-20-16-7-6-14(12-17(16)25-18(20)22)26(23,24)19-9-11-21-10-8-13-4-2-3-5-15(13)21/h2-7,12,19H,8-11H2,1H3. The number of nitrogens with one attached hydrogen (secondary N) is 1. The van der Waals surface area contributed by atoms with Gasteiger partial charge in [-0.25, -0.2) is 17.9 Å². The number of sulfonamides is 1. The highest BCUT2D eigenvalue weighted by atomic mass is 32.2. The van der Waals surface area contributed by atoms with Crippen molar-refractivity contribution in [3.63, 3.8) is 0 Å². The van der Waals surface area contributed by atoms with Crippen LogP contribution in [0.2, 0.25) is 0 Å². The van der Waals surface area contributed by atoms with Crippen LogP contribution in [-0.4, -0.2) is 32.6 Å². The second-order valence-electron chi connectivity index (χ2n) is 6.32. The summed E-state index contributed by atoms with van der Waals surface area (Å²) in [4.78, 5) is 13.8. The Balaban J connectivity index is 1.47. The molecule has 1 N–H and O–H groups in total. The maximum atomic E-state index is 12.5. The Morgan fingerprint density at radius 1 is 1.19 bits per heavy atom. The molecule has 8 heteroatoms. The van der Waals surface area contributed by atoms with Gasteiger partial charge in [0.25, 0.3) is 0 Å². The summed E-state index contributed by atoms with van der Waals surface area (Å²) in [6, 6.07) is 12.6. The average Bonchev–Trinajstić information content (AvgIpc) is 3.16. The van der Waals surface area contributed by atoms with Gasteiger partial charge in [-0.3, -0.25) is 4.57 Å². The molecule has 0 bridgehead atoms. The first-order valence-electron chi connectivity index (χ1n) is 8.38. The Labute approximate surface area is 150 Å². The molecule has 0 saturated carbocycles. The van der Waals surface area contributed by atoms with Crippen molar-refractivity contribution in [1.29, 1.82) is 0 Å². The predicted molar refractivity (Wildman–Crippen MR) is 99.0 cm³/mol. The largest absolute Gasteiger partial charge is 0.419 e. The highest BCUT2D eigenvalue weighted by molar-refractivity contribution is 7.89. The van der Waals surface area contributed by atoms with E-state index in [0.717, 1.165) is 13.0 Å². The lowest BCUT2D eigenvalue weighted by molar-refractivity contribution is 0.527. The quantitative estimate of drug-likeness (QED) is 0.732. The van der Waals surface area contributed by atoms with Crippen molar-refractivity contribution in [3.05, 3.63) is 58.6 Å². The fraction of sp³-hybridized carbons (Fsp3) is 0.278. The van der Waals surface area contributed by atoms with Crippen LogP contribution in [0.3, 0.4) is 0 Å². The van der Waals surface area contributed by atoms with Gasteiger partial charge >= 0.3 is 5.76 Å². The molecule has 136 valence electrons. The van der Waals surface area contributed by atoms with Gasteiger partial charge in [0.2, 0.25) is 10.0 Å². The lowest BCUT2D eigenvalue weighted by Gasteiger charge is -2.19. The second kappa shape index (κ2) is 6.30. The van der Waals surface area contributed by atoms with Crippen molar-refractivity contribution >= 4 is 26.8 Å². The van der Waals surface area contributed by atoms with E-state index in [1.165, 1.54) is 28.0 Å². The fourth-order valence-electron chi connectivity index (χ4n) is 3.32.